The van der Waals surface area contributed by atoms with Gasteiger partial charge in [-0.25, -0.2) is 8.42 Å². The van der Waals surface area contributed by atoms with Gasteiger partial charge >= 0.3 is 0 Å². The molecule has 22 heavy (non-hydrogen) atoms. The summed E-state index contributed by atoms with van der Waals surface area (Å²) in [6, 6.07) is 2.95. The van der Waals surface area contributed by atoms with Crippen LogP contribution in [0.2, 0.25) is 0 Å². The van der Waals surface area contributed by atoms with Crippen molar-refractivity contribution in [1.29, 1.82) is 0 Å². The van der Waals surface area contributed by atoms with Crippen molar-refractivity contribution in [1.82, 2.24) is 4.31 Å². The summed E-state index contributed by atoms with van der Waals surface area (Å²) >= 11 is 0. The summed E-state index contributed by atoms with van der Waals surface area (Å²) in [5.74, 6) is 1.08. The van der Waals surface area contributed by atoms with E-state index in [1.165, 1.54) is 0 Å². The van der Waals surface area contributed by atoms with Gasteiger partial charge in [0.2, 0.25) is 16.8 Å². The van der Waals surface area contributed by atoms with E-state index in [0.717, 1.165) is 19.3 Å². The van der Waals surface area contributed by atoms with Gasteiger partial charge in [0.25, 0.3) is 0 Å². The molecule has 2 aliphatic rings. The molecule has 122 valence electrons. The molecule has 0 bridgehead atoms. The zero-order chi connectivity index (χ0) is 15.9. The average molecular weight is 326 g/mol. The molecule has 2 unspecified atom stereocenters. The Balaban J connectivity index is 2.02. The maximum absolute atomic E-state index is 13.1. The topological polar surface area (TPSA) is 81.9 Å². The minimum atomic E-state index is -3.59. The van der Waals surface area contributed by atoms with Crippen molar-refractivity contribution in [2.45, 2.75) is 50.1 Å². The van der Waals surface area contributed by atoms with Crippen LogP contribution in [-0.2, 0) is 10.0 Å². The molecule has 0 aliphatic carbocycles. The van der Waals surface area contributed by atoms with Gasteiger partial charge in [0.05, 0.1) is 4.90 Å². The molecule has 2 N–H and O–H groups in total. The molecule has 0 radical (unpaired) electrons. The Morgan fingerprint density at radius 2 is 1.95 bits per heavy atom. The smallest absolute Gasteiger partial charge is 0.243 e. The van der Waals surface area contributed by atoms with Gasteiger partial charge < -0.3 is 15.2 Å². The van der Waals surface area contributed by atoms with Crippen molar-refractivity contribution in [2.24, 2.45) is 5.73 Å². The van der Waals surface area contributed by atoms with E-state index in [9.17, 15) is 8.42 Å². The molecule has 6 nitrogen and oxygen atoms in total. The highest BCUT2D eigenvalue weighted by Gasteiger charge is 2.36. The Morgan fingerprint density at radius 3 is 2.64 bits per heavy atom. The fourth-order valence-electron chi connectivity index (χ4n) is 3.18. The molecule has 1 aromatic carbocycles. The molecule has 3 rings (SSSR count). The number of sulfonamides is 1. The lowest BCUT2D eigenvalue weighted by atomic mass is 10.00. The predicted molar refractivity (Wildman–Crippen MR) is 82.5 cm³/mol. The molecule has 0 amide bonds. The molecule has 1 fully saturated rings. The van der Waals surface area contributed by atoms with Crippen molar-refractivity contribution in [3.8, 4) is 11.5 Å². The lowest BCUT2D eigenvalue weighted by Crippen LogP contribution is -2.51. The monoisotopic (exact) mass is 326 g/mol. The van der Waals surface area contributed by atoms with Crippen LogP contribution >= 0.6 is 0 Å². The van der Waals surface area contributed by atoms with E-state index in [0.29, 0.717) is 23.6 Å². The molecule has 0 saturated carbocycles. The zero-order valence-corrected chi connectivity index (χ0v) is 13.7. The third-order valence-corrected chi connectivity index (χ3v) is 6.43. The maximum atomic E-state index is 13.1. The summed E-state index contributed by atoms with van der Waals surface area (Å²) in [5, 5.41) is 0. The summed E-state index contributed by atoms with van der Waals surface area (Å²) in [5.41, 5.74) is 6.67. The molecule has 0 spiro atoms. The average Bonchev–Trinajstić information content (AvgIpc) is 2.93. The first-order chi connectivity index (χ1) is 10.4. The number of fused-ring (bicyclic) bond motifs is 1. The van der Waals surface area contributed by atoms with Crippen LogP contribution in [0.4, 0.5) is 0 Å². The number of rotatable bonds is 3. The summed E-state index contributed by atoms with van der Waals surface area (Å²) in [6.45, 7) is 4.29. The van der Waals surface area contributed by atoms with E-state index in [4.69, 9.17) is 15.2 Å². The van der Waals surface area contributed by atoms with E-state index >= 15 is 0 Å². The minimum absolute atomic E-state index is 0.129. The molecule has 2 aliphatic heterocycles. The highest BCUT2D eigenvalue weighted by Crippen LogP contribution is 2.38. The summed E-state index contributed by atoms with van der Waals surface area (Å²) in [6.07, 6.45) is 2.69. The molecule has 7 heteroatoms. The Labute approximate surface area is 131 Å². The van der Waals surface area contributed by atoms with E-state index in [1.807, 2.05) is 6.92 Å². The first-order valence-electron chi connectivity index (χ1n) is 7.59. The molecular formula is C15H22N2O4S. The normalized spacial score (nSPS) is 23.5. The van der Waals surface area contributed by atoms with E-state index < -0.39 is 10.0 Å². The van der Waals surface area contributed by atoms with Gasteiger partial charge in [-0.1, -0.05) is 6.42 Å². The standard InChI is InChI=1S/C15H22N2O4S/c1-10-7-13-14(21-9-20-13)8-15(10)22(18,19)17-6-4-3-5-12(17)11(2)16/h7-8,11-12H,3-6,9,16H2,1-2H3. The Bertz CT molecular complexity index is 672. The molecule has 2 atom stereocenters. The minimum Gasteiger partial charge on any atom is -0.454 e. The first kappa shape index (κ1) is 15.6. The Kier molecular flexibility index (Phi) is 4.05. The lowest BCUT2D eigenvalue weighted by molar-refractivity contribution is 0.174. The van der Waals surface area contributed by atoms with Crippen LogP contribution in [0.1, 0.15) is 31.7 Å². The number of hydrogen-bond donors (Lipinski definition) is 1. The Morgan fingerprint density at radius 1 is 1.27 bits per heavy atom. The van der Waals surface area contributed by atoms with Crippen molar-refractivity contribution >= 4 is 10.0 Å². The third-order valence-electron chi connectivity index (χ3n) is 4.36. The van der Waals surface area contributed by atoms with Gasteiger partial charge in [-0.05, 0) is 38.3 Å². The number of nitrogens with two attached hydrogens (primary N) is 1. The van der Waals surface area contributed by atoms with Crippen molar-refractivity contribution in [2.75, 3.05) is 13.3 Å². The van der Waals surface area contributed by atoms with E-state index in [2.05, 4.69) is 0 Å². The maximum Gasteiger partial charge on any atom is 0.243 e. The van der Waals surface area contributed by atoms with Crippen molar-refractivity contribution in [3.63, 3.8) is 0 Å². The number of ether oxygens (including phenoxy) is 2. The number of benzene rings is 1. The fourth-order valence-corrected chi connectivity index (χ4v) is 5.18. The van der Waals surface area contributed by atoms with Gasteiger partial charge in [-0.2, -0.15) is 4.31 Å². The lowest BCUT2D eigenvalue weighted by Gasteiger charge is -2.37. The van der Waals surface area contributed by atoms with Gasteiger partial charge in [0.1, 0.15) is 0 Å². The third kappa shape index (κ3) is 2.57. The van der Waals surface area contributed by atoms with Crippen LogP contribution in [-0.4, -0.2) is 38.1 Å². The fraction of sp³-hybridized carbons (Fsp3) is 0.600. The number of hydrogen-bond acceptors (Lipinski definition) is 5. The van der Waals surface area contributed by atoms with Crippen molar-refractivity contribution < 1.29 is 17.9 Å². The largest absolute Gasteiger partial charge is 0.454 e. The highest BCUT2D eigenvalue weighted by atomic mass is 32.2. The van der Waals surface area contributed by atoms with Crippen LogP contribution < -0.4 is 15.2 Å². The van der Waals surface area contributed by atoms with Crippen LogP contribution in [0.3, 0.4) is 0 Å². The van der Waals surface area contributed by atoms with Gasteiger partial charge in [0.15, 0.2) is 11.5 Å². The van der Waals surface area contributed by atoms with Crippen LogP contribution in [0, 0.1) is 6.92 Å². The van der Waals surface area contributed by atoms with E-state index in [-0.39, 0.29) is 23.8 Å². The highest BCUT2D eigenvalue weighted by molar-refractivity contribution is 7.89. The van der Waals surface area contributed by atoms with Crippen LogP contribution in [0.25, 0.3) is 0 Å². The Hall–Kier alpha value is -1.31. The second-order valence-electron chi connectivity index (χ2n) is 6.01. The number of aryl methyl sites for hydroxylation is 1. The molecule has 1 saturated heterocycles. The number of nitrogens with zero attached hydrogens (tertiary/aromatic N) is 1. The molecule has 0 aromatic heterocycles. The van der Waals surface area contributed by atoms with E-state index in [1.54, 1.807) is 23.4 Å². The molecule has 2 heterocycles. The zero-order valence-electron chi connectivity index (χ0n) is 12.9. The van der Waals surface area contributed by atoms with Crippen LogP contribution in [0.15, 0.2) is 17.0 Å². The quantitative estimate of drug-likeness (QED) is 0.912. The summed E-state index contributed by atoms with van der Waals surface area (Å²) < 4.78 is 38.4. The summed E-state index contributed by atoms with van der Waals surface area (Å²) in [4.78, 5) is 0.282. The summed E-state index contributed by atoms with van der Waals surface area (Å²) in [7, 11) is -3.59. The SMILES string of the molecule is Cc1cc2c(cc1S(=O)(=O)N1CCCCC1C(C)N)OCO2. The van der Waals surface area contributed by atoms with Gasteiger partial charge in [0, 0.05) is 24.7 Å². The van der Waals surface area contributed by atoms with Crippen LogP contribution in [0.5, 0.6) is 11.5 Å². The number of piperidine rings is 1. The molecular weight excluding hydrogens is 304 g/mol. The second-order valence-corrected chi connectivity index (χ2v) is 7.87. The van der Waals surface area contributed by atoms with Gasteiger partial charge in [-0.15, -0.1) is 0 Å². The second kappa shape index (κ2) is 5.72. The first-order valence-corrected chi connectivity index (χ1v) is 9.03. The van der Waals surface area contributed by atoms with Crippen molar-refractivity contribution in [3.05, 3.63) is 17.7 Å². The molecule has 1 aromatic rings. The predicted octanol–water partition coefficient (Wildman–Crippen LogP) is 1.61. The van der Waals surface area contributed by atoms with Gasteiger partial charge in [-0.3, -0.25) is 0 Å².